The van der Waals surface area contributed by atoms with E-state index in [0.717, 1.165) is 23.7 Å². The lowest BCUT2D eigenvalue weighted by Crippen LogP contribution is -2.33. The number of anilines is 1. The lowest BCUT2D eigenvalue weighted by atomic mass is 9.84. The van der Waals surface area contributed by atoms with E-state index in [1.165, 1.54) is 5.56 Å². The van der Waals surface area contributed by atoms with Crippen molar-refractivity contribution in [3.8, 4) is 0 Å². The summed E-state index contributed by atoms with van der Waals surface area (Å²) < 4.78 is 1.79. The van der Waals surface area contributed by atoms with Crippen LogP contribution in [-0.2, 0) is 11.8 Å². The molecule has 2 N–H and O–H groups in total. The number of fused-ring (bicyclic) bond motifs is 1. The fourth-order valence-electron chi connectivity index (χ4n) is 2.92. The molecule has 0 saturated carbocycles. The number of benzene rings is 1. The van der Waals surface area contributed by atoms with Gasteiger partial charge >= 0.3 is 0 Å². The second kappa shape index (κ2) is 7.03. The molecule has 0 saturated heterocycles. The van der Waals surface area contributed by atoms with Crippen molar-refractivity contribution in [2.75, 3.05) is 18.5 Å². The summed E-state index contributed by atoms with van der Waals surface area (Å²) in [6, 6.07) is 14.0. The maximum absolute atomic E-state index is 9.93. The van der Waals surface area contributed by atoms with Gasteiger partial charge in [-0.05, 0) is 24.1 Å². The highest BCUT2D eigenvalue weighted by atomic mass is 16.3. The summed E-state index contributed by atoms with van der Waals surface area (Å²) in [5.74, 6) is 1.57. The normalized spacial score (nSPS) is 14.3. The van der Waals surface area contributed by atoms with Gasteiger partial charge in [-0.15, -0.1) is 15.3 Å². The van der Waals surface area contributed by atoms with Gasteiger partial charge in [0, 0.05) is 17.4 Å². The molecule has 0 bridgehead atoms. The average Bonchev–Trinajstić information content (AvgIpc) is 3.04. The van der Waals surface area contributed by atoms with E-state index in [0.29, 0.717) is 6.54 Å². The average molecular weight is 353 g/mol. The van der Waals surface area contributed by atoms with Crippen LogP contribution < -0.4 is 5.32 Å². The highest BCUT2D eigenvalue weighted by Gasteiger charge is 2.25. The molecule has 1 aromatic carbocycles. The Morgan fingerprint density at radius 2 is 1.73 bits per heavy atom. The van der Waals surface area contributed by atoms with Crippen molar-refractivity contribution in [1.29, 1.82) is 0 Å². The molecular formula is C20H27N5O. The number of nitrogens with one attached hydrogen (secondary N) is 1. The van der Waals surface area contributed by atoms with E-state index in [-0.39, 0.29) is 17.4 Å². The van der Waals surface area contributed by atoms with Gasteiger partial charge in [0.15, 0.2) is 11.5 Å². The summed E-state index contributed by atoms with van der Waals surface area (Å²) in [5.41, 5.74) is 1.52. The van der Waals surface area contributed by atoms with Crippen LogP contribution in [0.4, 0.5) is 5.82 Å². The van der Waals surface area contributed by atoms with Crippen molar-refractivity contribution in [1.82, 2.24) is 19.8 Å². The smallest absolute Gasteiger partial charge is 0.178 e. The van der Waals surface area contributed by atoms with Gasteiger partial charge in [-0.1, -0.05) is 58.0 Å². The first-order chi connectivity index (χ1) is 12.3. The van der Waals surface area contributed by atoms with Gasteiger partial charge in [-0.3, -0.25) is 0 Å². The van der Waals surface area contributed by atoms with Crippen LogP contribution in [-0.4, -0.2) is 38.1 Å². The molecule has 2 heterocycles. The third-order valence-electron chi connectivity index (χ3n) is 4.49. The monoisotopic (exact) mass is 353 g/mol. The summed E-state index contributed by atoms with van der Waals surface area (Å²) in [5, 5.41) is 26.4. The molecule has 1 unspecified atom stereocenters. The minimum atomic E-state index is -0.280. The minimum Gasteiger partial charge on any atom is -0.396 e. The molecule has 0 radical (unpaired) electrons. The summed E-state index contributed by atoms with van der Waals surface area (Å²) in [4.78, 5) is 0. The largest absolute Gasteiger partial charge is 0.396 e. The van der Waals surface area contributed by atoms with E-state index in [1.807, 2.05) is 30.3 Å². The zero-order chi connectivity index (χ0) is 18.8. The number of rotatable bonds is 6. The Morgan fingerprint density at radius 3 is 2.38 bits per heavy atom. The molecule has 6 heteroatoms. The van der Waals surface area contributed by atoms with Crippen LogP contribution in [0.25, 0.3) is 5.65 Å². The first-order valence-corrected chi connectivity index (χ1v) is 8.92. The van der Waals surface area contributed by atoms with Crippen molar-refractivity contribution in [3.63, 3.8) is 0 Å². The van der Waals surface area contributed by atoms with Gasteiger partial charge in [-0.25, -0.2) is 0 Å². The first kappa shape index (κ1) is 18.3. The third-order valence-corrected chi connectivity index (χ3v) is 4.49. The number of nitrogens with zero attached hydrogens (tertiary/aromatic N) is 4. The summed E-state index contributed by atoms with van der Waals surface area (Å²) in [7, 11) is 0. The summed E-state index contributed by atoms with van der Waals surface area (Å²) in [6.45, 7) is 9.06. The second-order valence-corrected chi connectivity index (χ2v) is 8.25. The molecule has 0 amide bonds. The molecule has 0 fully saturated rings. The number of aliphatic hydroxyl groups is 1. The van der Waals surface area contributed by atoms with E-state index >= 15 is 0 Å². The molecule has 26 heavy (non-hydrogen) atoms. The zero-order valence-corrected chi connectivity index (χ0v) is 15.9. The number of aromatic nitrogens is 4. The highest BCUT2D eigenvalue weighted by Crippen LogP contribution is 2.24. The van der Waals surface area contributed by atoms with Gasteiger partial charge in [0.2, 0.25) is 0 Å². The van der Waals surface area contributed by atoms with Crippen molar-refractivity contribution >= 4 is 11.5 Å². The highest BCUT2D eigenvalue weighted by molar-refractivity contribution is 5.44. The molecule has 0 aliphatic heterocycles. The van der Waals surface area contributed by atoms with E-state index < -0.39 is 0 Å². The quantitative estimate of drug-likeness (QED) is 0.712. The maximum atomic E-state index is 9.93. The van der Waals surface area contributed by atoms with Crippen LogP contribution >= 0.6 is 0 Å². The molecule has 0 aliphatic carbocycles. The molecule has 2 aromatic heterocycles. The molecule has 138 valence electrons. The standard InChI is InChI=1S/C20H27N5O/c1-19(2,3)18-23-22-17-11-10-16(24-25(17)18)21-13-20(4,14-26)12-15-8-6-5-7-9-15/h5-11,26H,12-14H2,1-4H3,(H,21,24). The molecule has 6 nitrogen and oxygen atoms in total. The Kier molecular flexibility index (Phi) is 4.96. The minimum absolute atomic E-state index is 0.0943. The lowest BCUT2D eigenvalue weighted by molar-refractivity contribution is 0.153. The molecular weight excluding hydrogens is 326 g/mol. The number of hydrogen-bond donors (Lipinski definition) is 2. The maximum Gasteiger partial charge on any atom is 0.178 e. The van der Waals surface area contributed by atoms with Crippen LogP contribution in [0.5, 0.6) is 0 Å². The molecule has 0 aliphatic rings. The van der Waals surface area contributed by atoms with Gasteiger partial charge in [0.05, 0.1) is 6.61 Å². The van der Waals surface area contributed by atoms with Crippen LogP contribution in [0.1, 0.15) is 39.1 Å². The van der Waals surface area contributed by atoms with Gasteiger partial charge in [-0.2, -0.15) is 4.52 Å². The molecule has 3 rings (SSSR count). The fourth-order valence-corrected chi connectivity index (χ4v) is 2.92. The Hall–Kier alpha value is -2.47. The predicted molar refractivity (Wildman–Crippen MR) is 103 cm³/mol. The van der Waals surface area contributed by atoms with Crippen LogP contribution in [0, 0.1) is 5.41 Å². The summed E-state index contributed by atoms with van der Waals surface area (Å²) >= 11 is 0. The Balaban J connectivity index is 1.77. The fraction of sp³-hybridized carbons (Fsp3) is 0.450. The predicted octanol–water partition coefficient (Wildman–Crippen LogP) is 3.08. The third kappa shape index (κ3) is 4.02. The van der Waals surface area contributed by atoms with Gasteiger partial charge in [0.25, 0.3) is 0 Å². The van der Waals surface area contributed by atoms with Gasteiger partial charge < -0.3 is 10.4 Å². The first-order valence-electron chi connectivity index (χ1n) is 8.92. The van der Waals surface area contributed by atoms with E-state index in [1.54, 1.807) is 4.52 Å². The van der Waals surface area contributed by atoms with E-state index in [2.05, 4.69) is 60.4 Å². The molecule has 3 aromatic rings. The topological polar surface area (TPSA) is 75.3 Å². The van der Waals surface area contributed by atoms with Crippen molar-refractivity contribution < 1.29 is 5.11 Å². The van der Waals surface area contributed by atoms with Crippen LogP contribution in [0.2, 0.25) is 0 Å². The zero-order valence-electron chi connectivity index (χ0n) is 15.9. The lowest BCUT2D eigenvalue weighted by Gasteiger charge is -2.28. The van der Waals surface area contributed by atoms with E-state index in [9.17, 15) is 5.11 Å². The molecule has 1 atom stereocenters. The summed E-state index contributed by atoms with van der Waals surface area (Å²) in [6.07, 6.45) is 0.791. The second-order valence-electron chi connectivity index (χ2n) is 8.25. The van der Waals surface area contributed by atoms with Crippen molar-refractivity contribution in [2.45, 2.75) is 39.5 Å². The SMILES string of the molecule is CC(CO)(CNc1ccc2nnc(C(C)(C)C)n2n1)Cc1ccccc1. The van der Waals surface area contributed by atoms with Crippen molar-refractivity contribution in [3.05, 3.63) is 53.9 Å². The van der Waals surface area contributed by atoms with Crippen LogP contribution in [0.15, 0.2) is 42.5 Å². The number of aliphatic hydroxyl groups excluding tert-OH is 1. The van der Waals surface area contributed by atoms with E-state index in [4.69, 9.17) is 0 Å². The van der Waals surface area contributed by atoms with Gasteiger partial charge in [0.1, 0.15) is 5.82 Å². The Morgan fingerprint density at radius 1 is 1.00 bits per heavy atom. The number of hydrogen-bond acceptors (Lipinski definition) is 5. The Bertz CT molecular complexity index is 869. The van der Waals surface area contributed by atoms with Crippen LogP contribution in [0.3, 0.4) is 0 Å². The Labute approximate surface area is 154 Å². The van der Waals surface area contributed by atoms with Crippen molar-refractivity contribution in [2.24, 2.45) is 5.41 Å². The molecule has 0 spiro atoms.